The van der Waals surface area contributed by atoms with Gasteiger partial charge in [0.2, 0.25) is 0 Å². The van der Waals surface area contributed by atoms with E-state index in [4.69, 9.17) is 5.21 Å². The molecule has 0 unspecified atom stereocenters. The third kappa shape index (κ3) is 0.978. The molecular formula is C9H8FNO. The van der Waals surface area contributed by atoms with Crippen molar-refractivity contribution in [1.82, 2.24) is 0 Å². The summed E-state index contributed by atoms with van der Waals surface area (Å²) in [6.45, 7) is 0. The number of nitrogens with zero attached hydrogens (tertiary/aromatic N) is 1. The van der Waals surface area contributed by atoms with Gasteiger partial charge in [-0.25, -0.2) is 4.39 Å². The molecule has 0 atom stereocenters. The van der Waals surface area contributed by atoms with Crippen molar-refractivity contribution in [2.75, 3.05) is 0 Å². The third-order valence-electron chi connectivity index (χ3n) is 2.13. The molecule has 0 radical (unpaired) electrons. The fourth-order valence-electron chi connectivity index (χ4n) is 1.54. The molecule has 0 saturated carbocycles. The van der Waals surface area contributed by atoms with E-state index in [1.54, 1.807) is 6.07 Å². The minimum atomic E-state index is -0.229. The van der Waals surface area contributed by atoms with E-state index in [0.717, 1.165) is 17.5 Å². The van der Waals surface area contributed by atoms with E-state index >= 15 is 0 Å². The lowest BCUT2D eigenvalue weighted by Gasteiger charge is -1.96. The minimum Gasteiger partial charge on any atom is -0.411 e. The predicted molar refractivity (Wildman–Crippen MR) is 43.0 cm³/mol. The van der Waals surface area contributed by atoms with Gasteiger partial charge in [0.15, 0.2) is 0 Å². The SMILES string of the molecule is O/N=C1/CCc2cc(F)ccc21. The summed E-state index contributed by atoms with van der Waals surface area (Å²) >= 11 is 0. The Labute approximate surface area is 69.3 Å². The fraction of sp³-hybridized carbons (Fsp3) is 0.222. The van der Waals surface area contributed by atoms with Crippen LogP contribution in [0.5, 0.6) is 0 Å². The first-order chi connectivity index (χ1) is 5.81. The first-order valence-electron chi connectivity index (χ1n) is 3.81. The van der Waals surface area contributed by atoms with Crippen LogP contribution in [-0.2, 0) is 6.42 Å². The van der Waals surface area contributed by atoms with Crippen molar-refractivity contribution in [3.63, 3.8) is 0 Å². The second-order valence-corrected chi connectivity index (χ2v) is 2.85. The minimum absolute atomic E-state index is 0.229. The zero-order valence-corrected chi connectivity index (χ0v) is 6.42. The lowest BCUT2D eigenvalue weighted by Crippen LogP contribution is -1.93. The van der Waals surface area contributed by atoms with Gasteiger partial charge in [-0.05, 0) is 36.6 Å². The molecule has 62 valence electrons. The van der Waals surface area contributed by atoms with Gasteiger partial charge >= 0.3 is 0 Å². The second kappa shape index (κ2) is 2.59. The Morgan fingerprint density at radius 1 is 1.33 bits per heavy atom. The molecule has 1 aromatic rings. The summed E-state index contributed by atoms with van der Waals surface area (Å²) < 4.78 is 12.7. The number of oxime groups is 1. The topological polar surface area (TPSA) is 32.6 Å². The van der Waals surface area contributed by atoms with Crippen molar-refractivity contribution >= 4 is 5.71 Å². The second-order valence-electron chi connectivity index (χ2n) is 2.85. The Morgan fingerprint density at radius 3 is 2.92 bits per heavy atom. The van der Waals surface area contributed by atoms with E-state index in [-0.39, 0.29) is 5.82 Å². The van der Waals surface area contributed by atoms with Gasteiger partial charge in [-0.15, -0.1) is 0 Å². The van der Waals surface area contributed by atoms with Crippen molar-refractivity contribution < 1.29 is 9.60 Å². The molecule has 0 aliphatic heterocycles. The highest BCUT2D eigenvalue weighted by atomic mass is 19.1. The molecule has 0 fully saturated rings. The van der Waals surface area contributed by atoms with E-state index in [1.165, 1.54) is 12.1 Å². The van der Waals surface area contributed by atoms with Crippen LogP contribution in [0.25, 0.3) is 0 Å². The third-order valence-corrected chi connectivity index (χ3v) is 2.13. The maximum absolute atomic E-state index is 12.7. The monoisotopic (exact) mass is 165 g/mol. The normalized spacial score (nSPS) is 18.2. The molecule has 1 aromatic carbocycles. The molecule has 0 spiro atoms. The average molecular weight is 165 g/mol. The number of hydrogen-bond acceptors (Lipinski definition) is 2. The molecule has 2 rings (SSSR count). The van der Waals surface area contributed by atoms with Crippen LogP contribution < -0.4 is 0 Å². The zero-order valence-electron chi connectivity index (χ0n) is 6.42. The largest absolute Gasteiger partial charge is 0.411 e. The summed E-state index contributed by atoms with van der Waals surface area (Å²) in [5.74, 6) is -0.229. The molecule has 1 aliphatic carbocycles. The van der Waals surface area contributed by atoms with E-state index < -0.39 is 0 Å². The molecule has 0 aromatic heterocycles. The quantitative estimate of drug-likeness (QED) is 0.462. The van der Waals surface area contributed by atoms with Gasteiger partial charge < -0.3 is 5.21 Å². The van der Waals surface area contributed by atoms with Crippen molar-refractivity contribution in [3.05, 3.63) is 35.1 Å². The van der Waals surface area contributed by atoms with Gasteiger partial charge in [0.25, 0.3) is 0 Å². The zero-order chi connectivity index (χ0) is 8.55. The van der Waals surface area contributed by atoms with Gasteiger partial charge in [-0.1, -0.05) is 5.16 Å². The van der Waals surface area contributed by atoms with E-state index in [9.17, 15) is 4.39 Å². The number of hydrogen-bond donors (Lipinski definition) is 1. The van der Waals surface area contributed by atoms with Gasteiger partial charge in [0.1, 0.15) is 5.82 Å². The predicted octanol–water partition coefficient (Wildman–Crippen LogP) is 1.95. The van der Waals surface area contributed by atoms with Crippen molar-refractivity contribution in [1.29, 1.82) is 0 Å². The molecular weight excluding hydrogens is 157 g/mol. The molecule has 1 N–H and O–H groups in total. The molecule has 0 saturated heterocycles. The van der Waals surface area contributed by atoms with E-state index in [2.05, 4.69) is 5.16 Å². The van der Waals surface area contributed by atoms with Crippen LogP contribution >= 0.6 is 0 Å². The summed E-state index contributed by atoms with van der Waals surface area (Å²) in [5.41, 5.74) is 2.46. The van der Waals surface area contributed by atoms with Gasteiger partial charge in [-0.2, -0.15) is 0 Å². The highest BCUT2D eigenvalue weighted by Crippen LogP contribution is 2.22. The van der Waals surface area contributed by atoms with Gasteiger partial charge in [0, 0.05) is 5.56 Å². The van der Waals surface area contributed by atoms with E-state index in [1.807, 2.05) is 0 Å². The van der Waals surface area contributed by atoms with Crippen LogP contribution in [0.3, 0.4) is 0 Å². The first-order valence-corrected chi connectivity index (χ1v) is 3.81. The van der Waals surface area contributed by atoms with Crippen molar-refractivity contribution in [2.24, 2.45) is 5.16 Å². The molecule has 0 heterocycles. The Bertz CT molecular complexity index is 346. The van der Waals surface area contributed by atoms with E-state index in [0.29, 0.717) is 12.1 Å². The van der Waals surface area contributed by atoms with Crippen LogP contribution in [0.2, 0.25) is 0 Å². The van der Waals surface area contributed by atoms with Crippen LogP contribution in [0.4, 0.5) is 4.39 Å². The molecule has 0 amide bonds. The lowest BCUT2D eigenvalue weighted by molar-refractivity contribution is 0.318. The first kappa shape index (κ1) is 7.28. The van der Waals surface area contributed by atoms with Crippen LogP contribution in [0.1, 0.15) is 17.5 Å². The number of halogens is 1. The number of benzene rings is 1. The number of rotatable bonds is 0. The maximum Gasteiger partial charge on any atom is 0.123 e. The van der Waals surface area contributed by atoms with Gasteiger partial charge in [-0.3, -0.25) is 0 Å². The Kier molecular flexibility index (Phi) is 1.57. The Hall–Kier alpha value is -1.38. The summed E-state index contributed by atoms with van der Waals surface area (Å²) in [6, 6.07) is 4.54. The number of fused-ring (bicyclic) bond motifs is 1. The van der Waals surface area contributed by atoms with Gasteiger partial charge in [0.05, 0.1) is 5.71 Å². The Morgan fingerprint density at radius 2 is 2.17 bits per heavy atom. The summed E-state index contributed by atoms with van der Waals surface area (Å²) in [5, 5.41) is 11.7. The lowest BCUT2D eigenvalue weighted by atomic mass is 10.1. The molecule has 1 aliphatic rings. The highest BCUT2D eigenvalue weighted by molar-refractivity contribution is 6.04. The highest BCUT2D eigenvalue weighted by Gasteiger charge is 2.17. The van der Waals surface area contributed by atoms with Crippen molar-refractivity contribution in [3.8, 4) is 0 Å². The molecule has 0 bridgehead atoms. The Balaban J connectivity index is 2.55. The average Bonchev–Trinajstić information content (AvgIpc) is 2.46. The number of aryl methyl sites for hydroxylation is 1. The van der Waals surface area contributed by atoms with Crippen LogP contribution in [-0.4, -0.2) is 10.9 Å². The molecule has 3 heteroatoms. The standard InChI is InChI=1S/C9H8FNO/c10-7-2-3-8-6(5-7)1-4-9(8)11-12/h2-3,5,12H,1,4H2/b11-9-. The summed E-state index contributed by atoms with van der Waals surface area (Å²) in [6.07, 6.45) is 1.47. The smallest absolute Gasteiger partial charge is 0.123 e. The summed E-state index contributed by atoms with van der Waals surface area (Å²) in [4.78, 5) is 0. The fourth-order valence-corrected chi connectivity index (χ4v) is 1.54. The van der Waals surface area contributed by atoms with Crippen LogP contribution in [0, 0.1) is 5.82 Å². The van der Waals surface area contributed by atoms with Crippen molar-refractivity contribution in [2.45, 2.75) is 12.8 Å². The maximum atomic E-state index is 12.7. The molecule has 2 nitrogen and oxygen atoms in total. The van der Waals surface area contributed by atoms with Crippen LogP contribution in [0.15, 0.2) is 23.4 Å². The summed E-state index contributed by atoms with van der Waals surface area (Å²) in [7, 11) is 0. The molecule has 12 heavy (non-hydrogen) atoms.